The van der Waals surface area contributed by atoms with Crippen molar-refractivity contribution < 1.29 is 23.8 Å². The molecule has 5 heteroatoms. The molecule has 0 bridgehead atoms. The molecule has 25 heavy (non-hydrogen) atoms. The topological polar surface area (TPSA) is 61.8 Å². The fourth-order valence-electron chi connectivity index (χ4n) is 2.00. The molecule has 0 aliphatic carbocycles. The van der Waals surface area contributed by atoms with Crippen LogP contribution in [0.5, 0.6) is 5.75 Å². The molecule has 2 aromatic carbocycles. The van der Waals surface area contributed by atoms with Gasteiger partial charge in [-0.05, 0) is 42.8 Å². The molecule has 0 fully saturated rings. The molecule has 0 heterocycles. The number of benzene rings is 2. The van der Waals surface area contributed by atoms with Crippen molar-refractivity contribution >= 4 is 18.0 Å². The zero-order valence-electron chi connectivity index (χ0n) is 14.2. The number of rotatable bonds is 7. The lowest BCUT2D eigenvalue weighted by Crippen LogP contribution is -2.10. The highest BCUT2D eigenvalue weighted by Gasteiger charge is 2.03. The fraction of sp³-hybridized carbons (Fsp3) is 0.200. The van der Waals surface area contributed by atoms with E-state index in [0.29, 0.717) is 5.56 Å². The minimum Gasteiger partial charge on any atom is -0.490 e. The number of esters is 2. The molecule has 0 aliphatic rings. The van der Waals surface area contributed by atoms with Crippen LogP contribution in [0.4, 0.5) is 0 Å². The molecule has 0 saturated carbocycles. The predicted molar refractivity (Wildman–Crippen MR) is 94.4 cm³/mol. The minimum absolute atomic E-state index is 0.165. The Bertz CT molecular complexity index is 730. The summed E-state index contributed by atoms with van der Waals surface area (Å²) in [6, 6.07) is 14.3. The standard InChI is InChI=1S/C20H20O5/c1-15-3-10-18(11-4-15)24-13-14-25-19(21)12-7-16-5-8-17(9-6-16)20(22)23-2/h3-12H,13-14H2,1-2H3/b12-7+. The van der Waals surface area contributed by atoms with E-state index in [-0.39, 0.29) is 13.2 Å². The van der Waals surface area contributed by atoms with Crippen LogP contribution in [0.3, 0.4) is 0 Å². The van der Waals surface area contributed by atoms with Gasteiger partial charge >= 0.3 is 11.9 Å². The lowest BCUT2D eigenvalue weighted by atomic mass is 10.1. The molecule has 0 spiro atoms. The Morgan fingerprint density at radius 1 is 0.960 bits per heavy atom. The van der Waals surface area contributed by atoms with Crippen LogP contribution in [0, 0.1) is 6.92 Å². The highest BCUT2D eigenvalue weighted by atomic mass is 16.6. The van der Waals surface area contributed by atoms with Crippen molar-refractivity contribution in [2.45, 2.75) is 6.92 Å². The summed E-state index contributed by atoms with van der Waals surface area (Å²) in [4.78, 5) is 23.0. The zero-order chi connectivity index (χ0) is 18.1. The van der Waals surface area contributed by atoms with Crippen LogP contribution in [0.25, 0.3) is 6.08 Å². The number of aryl methyl sites for hydroxylation is 1. The Hall–Kier alpha value is -3.08. The summed E-state index contributed by atoms with van der Waals surface area (Å²) in [6.07, 6.45) is 2.95. The van der Waals surface area contributed by atoms with E-state index in [1.165, 1.54) is 13.2 Å². The Labute approximate surface area is 146 Å². The van der Waals surface area contributed by atoms with Crippen LogP contribution in [0.1, 0.15) is 21.5 Å². The van der Waals surface area contributed by atoms with Gasteiger partial charge in [-0.3, -0.25) is 0 Å². The third kappa shape index (κ3) is 6.14. The molecule has 2 aromatic rings. The first-order chi connectivity index (χ1) is 12.1. The molecule has 0 unspecified atom stereocenters. The minimum atomic E-state index is -0.454. The zero-order valence-corrected chi connectivity index (χ0v) is 14.2. The van der Waals surface area contributed by atoms with E-state index in [0.717, 1.165) is 16.9 Å². The second-order valence-corrected chi connectivity index (χ2v) is 5.28. The van der Waals surface area contributed by atoms with E-state index in [9.17, 15) is 9.59 Å². The van der Waals surface area contributed by atoms with E-state index >= 15 is 0 Å². The summed E-state index contributed by atoms with van der Waals surface area (Å²) < 4.78 is 15.2. The maximum absolute atomic E-state index is 11.7. The molecule has 0 aromatic heterocycles. The molecule has 0 saturated heterocycles. The van der Waals surface area contributed by atoms with E-state index in [4.69, 9.17) is 9.47 Å². The van der Waals surface area contributed by atoms with Crippen molar-refractivity contribution in [2.75, 3.05) is 20.3 Å². The third-order valence-electron chi connectivity index (χ3n) is 3.36. The number of methoxy groups -OCH3 is 1. The number of hydrogen-bond acceptors (Lipinski definition) is 5. The van der Waals surface area contributed by atoms with Crippen LogP contribution in [0.15, 0.2) is 54.6 Å². The van der Waals surface area contributed by atoms with Gasteiger partial charge in [-0.25, -0.2) is 9.59 Å². The van der Waals surface area contributed by atoms with Gasteiger partial charge in [0, 0.05) is 6.08 Å². The number of carbonyl (C=O) groups excluding carboxylic acids is 2. The molecular weight excluding hydrogens is 320 g/mol. The van der Waals surface area contributed by atoms with Crippen molar-refractivity contribution in [3.05, 3.63) is 71.3 Å². The average Bonchev–Trinajstić information content (AvgIpc) is 2.64. The van der Waals surface area contributed by atoms with E-state index in [2.05, 4.69) is 4.74 Å². The van der Waals surface area contributed by atoms with Gasteiger partial charge in [0.2, 0.25) is 0 Å². The largest absolute Gasteiger partial charge is 0.490 e. The Balaban J connectivity index is 1.73. The summed E-state index contributed by atoms with van der Waals surface area (Å²) in [5, 5.41) is 0. The first kappa shape index (κ1) is 18.3. The second kappa shape index (κ2) is 9.27. The molecule has 0 N–H and O–H groups in total. The first-order valence-electron chi connectivity index (χ1n) is 7.81. The maximum Gasteiger partial charge on any atom is 0.337 e. The fourth-order valence-corrected chi connectivity index (χ4v) is 2.00. The average molecular weight is 340 g/mol. The molecule has 0 aliphatic heterocycles. The molecule has 130 valence electrons. The monoisotopic (exact) mass is 340 g/mol. The normalized spacial score (nSPS) is 10.5. The van der Waals surface area contributed by atoms with Gasteiger partial charge in [0.05, 0.1) is 12.7 Å². The number of carbonyl (C=O) groups is 2. The van der Waals surface area contributed by atoms with Crippen LogP contribution in [-0.4, -0.2) is 32.3 Å². The van der Waals surface area contributed by atoms with Crippen molar-refractivity contribution in [1.82, 2.24) is 0 Å². The van der Waals surface area contributed by atoms with Gasteiger partial charge in [0.1, 0.15) is 19.0 Å². The van der Waals surface area contributed by atoms with Crippen LogP contribution in [-0.2, 0) is 14.3 Å². The van der Waals surface area contributed by atoms with Gasteiger partial charge < -0.3 is 14.2 Å². The van der Waals surface area contributed by atoms with Gasteiger partial charge in [-0.2, -0.15) is 0 Å². The van der Waals surface area contributed by atoms with Gasteiger partial charge in [0.15, 0.2) is 0 Å². The van der Waals surface area contributed by atoms with Gasteiger partial charge in [0.25, 0.3) is 0 Å². The summed E-state index contributed by atoms with van der Waals surface area (Å²) in [7, 11) is 1.33. The lowest BCUT2D eigenvalue weighted by Gasteiger charge is -2.06. The summed E-state index contributed by atoms with van der Waals surface area (Å²) in [5.41, 5.74) is 2.39. The van der Waals surface area contributed by atoms with Crippen LogP contribution < -0.4 is 4.74 Å². The third-order valence-corrected chi connectivity index (χ3v) is 3.36. The van der Waals surface area contributed by atoms with Crippen LogP contribution in [0.2, 0.25) is 0 Å². The Kier molecular flexibility index (Phi) is 6.77. The van der Waals surface area contributed by atoms with E-state index < -0.39 is 11.9 Å². The van der Waals surface area contributed by atoms with Crippen molar-refractivity contribution in [2.24, 2.45) is 0 Å². The molecule has 0 atom stereocenters. The molecule has 2 rings (SSSR count). The molecule has 0 radical (unpaired) electrons. The van der Waals surface area contributed by atoms with Gasteiger partial charge in [-0.15, -0.1) is 0 Å². The van der Waals surface area contributed by atoms with Crippen molar-refractivity contribution in [1.29, 1.82) is 0 Å². The number of hydrogen-bond donors (Lipinski definition) is 0. The second-order valence-electron chi connectivity index (χ2n) is 5.28. The summed E-state index contributed by atoms with van der Waals surface area (Å²) >= 11 is 0. The smallest absolute Gasteiger partial charge is 0.337 e. The summed E-state index contributed by atoms with van der Waals surface area (Å²) in [5.74, 6) is -0.115. The summed E-state index contributed by atoms with van der Waals surface area (Å²) in [6.45, 7) is 2.45. The Morgan fingerprint density at radius 3 is 2.28 bits per heavy atom. The highest BCUT2D eigenvalue weighted by molar-refractivity contribution is 5.90. The highest BCUT2D eigenvalue weighted by Crippen LogP contribution is 2.11. The first-order valence-corrected chi connectivity index (χ1v) is 7.81. The van der Waals surface area contributed by atoms with E-state index in [1.54, 1.807) is 30.3 Å². The molecule has 5 nitrogen and oxygen atoms in total. The lowest BCUT2D eigenvalue weighted by molar-refractivity contribution is -0.138. The van der Waals surface area contributed by atoms with Gasteiger partial charge in [-0.1, -0.05) is 29.8 Å². The predicted octanol–water partition coefficient (Wildman–Crippen LogP) is 3.42. The molecular formula is C20H20O5. The van der Waals surface area contributed by atoms with Crippen LogP contribution >= 0.6 is 0 Å². The van der Waals surface area contributed by atoms with Crippen molar-refractivity contribution in [3.63, 3.8) is 0 Å². The quantitative estimate of drug-likeness (QED) is 0.439. The maximum atomic E-state index is 11.7. The Morgan fingerprint density at radius 2 is 1.64 bits per heavy atom. The number of ether oxygens (including phenoxy) is 3. The SMILES string of the molecule is COC(=O)c1ccc(/C=C/C(=O)OCCOc2ccc(C)cc2)cc1. The molecule has 0 amide bonds. The van der Waals surface area contributed by atoms with Crippen molar-refractivity contribution in [3.8, 4) is 5.75 Å². The van der Waals surface area contributed by atoms with E-state index in [1.807, 2.05) is 31.2 Å².